The van der Waals surface area contributed by atoms with Gasteiger partial charge in [0.25, 0.3) is 0 Å². The number of likely N-dealkylation sites (tertiary alicyclic amines) is 1. The highest BCUT2D eigenvalue weighted by Gasteiger charge is 2.44. The van der Waals surface area contributed by atoms with Gasteiger partial charge in [0.15, 0.2) is 0 Å². The highest BCUT2D eigenvalue weighted by atomic mass is 16.5. The third-order valence-electron chi connectivity index (χ3n) is 4.42. The average molecular weight is 256 g/mol. The Morgan fingerprint density at radius 2 is 2.17 bits per heavy atom. The molecule has 2 aliphatic rings. The number of nitrogens with zero attached hydrogens (tertiary/aromatic N) is 2. The monoisotopic (exact) mass is 256 g/mol. The second kappa shape index (κ2) is 5.55. The maximum absolute atomic E-state index is 11.5. The van der Waals surface area contributed by atoms with Crippen LogP contribution in [0.15, 0.2) is 0 Å². The molecule has 2 rings (SSSR count). The van der Waals surface area contributed by atoms with Crippen molar-refractivity contribution in [2.45, 2.75) is 25.3 Å². The molecule has 2 heterocycles. The average Bonchev–Trinajstić information content (AvgIpc) is 2.79. The summed E-state index contributed by atoms with van der Waals surface area (Å²) in [5, 5.41) is 9.44. The highest BCUT2D eigenvalue weighted by Crippen LogP contribution is 2.31. The van der Waals surface area contributed by atoms with E-state index in [4.69, 9.17) is 4.74 Å². The molecule has 0 aromatic heterocycles. The SMILES string of the molecule is CN1CCC(N(C)CC2(C(=O)O)CCOC2)CC1. The summed E-state index contributed by atoms with van der Waals surface area (Å²) >= 11 is 0. The Hall–Kier alpha value is -0.650. The van der Waals surface area contributed by atoms with E-state index in [-0.39, 0.29) is 0 Å². The second-order valence-electron chi connectivity index (χ2n) is 5.84. The Balaban J connectivity index is 1.93. The van der Waals surface area contributed by atoms with Gasteiger partial charge in [0.05, 0.1) is 6.61 Å². The minimum absolute atomic E-state index is 0.360. The topological polar surface area (TPSA) is 53.0 Å². The Morgan fingerprint density at radius 3 is 2.67 bits per heavy atom. The molecule has 0 bridgehead atoms. The van der Waals surface area contributed by atoms with Gasteiger partial charge in [-0.2, -0.15) is 0 Å². The first-order valence-corrected chi connectivity index (χ1v) is 6.73. The predicted molar refractivity (Wildman–Crippen MR) is 68.7 cm³/mol. The van der Waals surface area contributed by atoms with Crippen LogP contribution >= 0.6 is 0 Å². The lowest BCUT2D eigenvalue weighted by atomic mass is 9.86. The minimum Gasteiger partial charge on any atom is -0.481 e. The lowest BCUT2D eigenvalue weighted by Crippen LogP contribution is -2.49. The lowest BCUT2D eigenvalue weighted by Gasteiger charge is -2.38. The molecule has 0 saturated carbocycles. The number of carboxylic acid groups (broad SMARTS) is 1. The standard InChI is InChI=1S/C13H24N2O3/c1-14-6-3-11(4-7-14)15(2)9-13(12(16)17)5-8-18-10-13/h11H,3-10H2,1-2H3,(H,16,17). The molecule has 0 amide bonds. The molecule has 0 radical (unpaired) electrons. The smallest absolute Gasteiger partial charge is 0.313 e. The van der Waals surface area contributed by atoms with Gasteiger partial charge in [-0.1, -0.05) is 0 Å². The molecule has 0 aromatic carbocycles. The van der Waals surface area contributed by atoms with Crippen LogP contribution in [-0.4, -0.2) is 73.9 Å². The van der Waals surface area contributed by atoms with E-state index in [1.54, 1.807) is 0 Å². The zero-order valence-corrected chi connectivity index (χ0v) is 11.4. The van der Waals surface area contributed by atoms with E-state index < -0.39 is 11.4 Å². The van der Waals surface area contributed by atoms with Crippen molar-refractivity contribution < 1.29 is 14.6 Å². The summed E-state index contributed by atoms with van der Waals surface area (Å²) in [5.74, 6) is -0.709. The van der Waals surface area contributed by atoms with Gasteiger partial charge in [-0.15, -0.1) is 0 Å². The van der Waals surface area contributed by atoms with E-state index in [9.17, 15) is 9.90 Å². The molecule has 1 N–H and O–H groups in total. The molecule has 2 fully saturated rings. The highest BCUT2D eigenvalue weighted by molar-refractivity contribution is 5.75. The Morgan fingerprint density at radius 1 is 1.50 bits per heavy atom. The molecule has 2 aliphatic heterocycles. The van der Waals surface area contributed by atoms with Gasteiger partial charge in [0, 0.05) is 19.2 Å². The fraction of sp³-hybridized carbons (Fsp3) is 0.923. The van der Waals surface area contributed by atoms with E-state index in [1.165, 1.54) is 0 Å². The van der Waals surface area contributed by atoms with Crippen molar-refractivity contribution in [3.05, 3.63) is 0 Å². The van der Waals surface area contributed by atoms with Crippen LogP contribution in [0.25, 0.3) is 0 Å². The summed E-state index contributed by atoms with van der Waals surface area (Å²) in [4.78, 5) is 16.0. The van der Waals surface area contributed by atoms with Gasteiger partial charge >= 0.3 is 5.97 Å². The summed E-state index contributed by atoms with van der Waals surface area (Å²) < 4.78 is 5.31. The molecule has 5 heteroatoms. The van der Waals surface area contributed by atoms with Crippen molar-refractivity contribution in [1.29, 1.82) is 0 Å². The summed E-state index contributed by atoms with van der Waals surface area (Å²) in [6.45, 7) is 3.75. The van der Waals surface area contributed by atoms with Crippen LogP contribution in [-0.2, 0) is 9.53 Å². The first-order chi connectivity index (χ1) is 8.53. The van der Waals surface area contributed by atoms with Gasteiger partial charge in [0.1, 0.15) is 5.41 Å². The summed E-state index contributed by atoms with van der Waals surface area (Å²) in [5.41, 5.74) is -0.682. The Labute approximate surface area is 109 Å². The van der Waals surface area contributed by atoms with Gasteiger partial charge in [-0.3, -0.25) is 4.79 Å². The van der Waals surface area contributed by atoms with Crippen LogP contribution in [0, 0.1) is 5.41 Å². The summed E-state index contributed by atoms with van der Waals surface area (Å²) in [6.07, 6.45) is 2.90. The summed E-state index contributed by atoms with van der Waals surface area (Å²) in [7, 11) is 4.19. The van der Waals surface area contributed by atoms with Crippen molar-refractivity contribution in [3.8, 4) is 0 Å². The van der Waals surface area contributed by atoms with E-state index in [2.05, 4.69) is 23.9 Å². The number of hydrogen-bond acceptors (Lipinski definition) is 4. The van der Waals surface area contributed by atoms with Crippen LogP contribution in [0.1, 0.15) is 19.3 Å². The number of hydrogen-bond donors (Lipinski definition) is 1. The van der Waals surface area contributed by atoms with Crippen LogP contribution in [0.4, 0.5) is 0 Å². The third kappa shape index (κ3) is 2.84. The first-order valence-electron chi connectivity index (χ1n) is 6.73. The molecule has 0 aromatic rings. The van der Waals surface area contributed by atoms with Gasteiger partial charge in [0.2, 0.25) is 0 Å². The van der Waals surface area contributed by atoms with Crippen molar-refractivity contribution >= 4 is 5.97 Å². The number of carbonyl (C=O) groups is 1. The summed E-state index contributed by atoms with van der Waals surface area (Å²) in [6, 6.07) is 0.512. The third-order valence-corrected chi connectivity index (χ3v) is 4.42. The molecule has 18 heavy (non-hydrogen) atoms. The van der Waals surface area contributed by atoms with Crippen molar-refractivity contribution in [1.82, 2.24) is 9.80 Å². The molecule has 0 aliphatic carbocycles. The van der Waals surface area contributed by atoms with Gasteiger partial charge in [-0.25, -0.2) is 0 Å². The quantitative estimate of drug-likeness (QED) is 0.794. The van der Waals surface area contributed by atoms with E-state index in [1.807, 2.05) is 0 Å². The van der Waals surface area contributed by atoms with E-state index in [0.717, 1.165) is 25.9 Å². The zero-order chi connectivity index (χ0) is 13.2. The molecule has 1 unspecified atom stereocenters. The zero-order valence-electron chi connectivity index (χ0n) is 11.4. The van der Waals surface area contributed by atoms with Crippen molar-refractivity contribution in [2.24, 2.45) is 5.41 Å². The van der Waals surface area contributed by atoms with E-state index >= 15 is 0 Å². The number of carboxylic acids is 1. The number of aliphatic carboxylic acids is 1. The number of ether oxygens (including phenoxy) is 1. The molecule has 2 saturated heterocycles. The van der Waals surface area contributed by atoms with Gasteiger partial charge in [-0.05, 0) is 46.4 Å². The lowest BCUT2D eigenvalue weighted by molar-refractivity contribution is -0.150. The predicted octanol–water partition coefficient (Wildman–Crippen LogP) is 0.504. The largest absolute Gasteiger partial charge is 0.481 e. The van der Waals surface area contributed by atoms with Crippen LogP contribution in [0.3, 0.4) is 0 Å². The fourth-order valence-corrected chi connectivity index (χ4v) is 3.01. The molecular formula is C13H24N2O3. The van der Waals surface area contributed by atoms with Crippen LogP contribution < -0.4 is 0 Å². The maximum Gasteiger partial charge on any atom is 0.313 e. The van der Waals surface area contributed by atoms with Crippen molar-refractivity contribution in [2.75, 3.05) is 46.9 Å². The molecule has 5 nitrogen and oxygen atoms in total. The Kier molecular flexibility index (Phi) is 4.25. The molecular weight excluding hydrogens is 232 g/mol. The molecule has 104 valence electrons. The first kappa shape index (κ1) is 13.8. The number of rotatable bonds is 4. The maximum atomic E-state index is 11.5. The van der Waals surface area contributed by atoms with Crippen molar-refractivity contribution in [3.63, 3.8) is 0 Å². The van der Waals surface area contributed by atoms with E-state index in [0.29, 0.717) is 32.2 Å². The van der Waals surface area contributed by atoms with Crippen LogP contribution in [0.5, 0.6) is 0 Å². The minimum atomic E-state index is -0.709. The fourth-order valence-electron chi connectivity index (χ4n) is 3.01. The molecule has 0 spiro atoms. The van der Waals surface area contributed by atoms with Gasteiger partial charge < -0.3 is 19.6 Å². The second-order valence-corrected chi connectivity index (χ2v) is 5.84. The number of piperidine rings is 1. The Bertz CT molecular complexity index is 295. The molecule has 1 atom stereocenters. The van der Waals surface area contributed by atoms with Crippen LogP contribution in [0.2, 0.25) is 0 Å². The normalized spacial score (nSPS) is 31.1.